The van der Waals surface area contributed by atoms with Gasteiger partial charge in [-0.05, 0) is 45.8 Å². The third kappa shape index (κ3) is 3.81. The number of piperidine rings is 1. The molecule has 0 saturated carbocycles. The zero-order valence-corrected chi connectivity index (χ0v) is 9.63. The van der Waals surface area contributed by atoms with E-state index in [1.807, 2.05) is 6.08 Å². The quantitative estimate of drug-likeness (QED) is 0.677. The van der Waals surface area contributed by atoms with Crippen molar-refractivity contribution >= 4 is 0 Å². The van der Waals surface area contributed by atoms with E-state index in [1.54, 1.807) is 0 Å². The van der Waals surface area contributed by atoms with Crippen LogP contribution in [0.4, 0.5) is 0 Å². The summed E-state index contributed by atoms with van der Waals surface area (Å²) in [5.74, 6) is 0. The van der Waals surface area contributed by atoms with Crippen molar-refractivity contribution in [2.24, 2.45) is 0 Å². The molecular formula is C12H24N2. The number of hydrogen-bond acceptors (Lipinski definition) is 2. The van der Waals surface area contributed by atoms with E-state index in [4.69, 9.17) is 0 Å². The van der Waals surface area contributed by atoms with Crippen molar-refractivity contribution in [1.29, 1.82) is 0 Å². The molecule has 0 radical (unpaired) electrons. The molecule has 1 fully saturated rings. The minimum absolute atomic E-state index is 0.589. The van der Waals surface area contributed by atoms with Crippen LogP contribution in [-0.2, 0) is 0 Å². The van der Waals surface area contributed by atoms with Gasteiger partial charge in [0.15, 0.2) is 0 Å². The molecule has 1 saturated heterocycles. The molecule has 1 atom stereocenters. The number of nitrogens with one attached hydrogen (secondary N) is 1. The average molecular weight is 196 g/mol. The molecule has 0 aromatic heterocycles. The van der Waals surface area contributed by atoms with Gasteiger partial charge in [-0.15, -0.1) is 6.58 Å². The molecule has 1 heterocycles. The van der Waals surface area contributed by atoms with Crippen molar-refractivity contribution in [2.45, 2.75) is 45.2 Å². The summed E-state index contributed by atoms with van der Waals surface area (Å²) in [7, 11) is 0. The van der Waals surface area contributed by atoms with Crippen LogP contribution in [0.2, 0.25) is 0 Å². The summed E-state index contributed by atoms with van der Waals surface area (Å²) in [4.78, 5) is 2.52. The second-order valence-corrected chi connectivity index (χ2v) is 4.30. The largest absolute Gasteiger partial charge is 0.311 e. The lowest BCUT2D eigenvalue weighted by atomic mass is 10.0. The van der Waals surface area contributed by atoms with Crippen LogP contribution in [-0.4, -0.2) is 36.6 Å². The number of nitrogens with zero attached hydrogens (tertiary/aromatic N) is 1. The first-order chi connectivity index (χ1) is 6.76. The van der Waals surface area contributed by atoms with Crippen molar-refractivity contribution < 1.29 is 0 Å². The molecule has 1 rings (SSSR count). The highest BCUT2D eigenvalue weighted by Gasteiger charge is 2.18. The first-order valence-electron chi connectivity index (χ1n) is 5.85. The third-order valence-corrected chi connectivity index (χ3v) is 3.08. The first kappa shape index (κ1) is 11.7. The second-order valence-electron chi connectivity index (χ2n) is 4.30. The van der Waals surface area contributed by atoms with Crippen LogP contribution in [0.15, 0.2) is 12.7 Å². The Labute approximate surface area is 88.4 Å². The molecule has 0 amide bonds. The molecule has 2 nitrogen and oxygen atoms in total. The Hall–Kier alpha value is -0.340. The number of rotatable bonds is 5. The molecule has 0 bridgehead atoms. The lowest BCUT2D eigenvalue weighted by Crippen LogP contribution is -2.45. The summed E-state index contributed by atoms with van der Waals surface area (Å²) in [6.45, 7) is 12.0. The lowest BCUT2D eigenvalue weighted by molar-refractivity contribution is 0.200. The van der Waals surface area contributed by atoms with E-state index in [0.29, 0.717) is 6.04 Å². The van der Waals surface area contributed by atoms with E-state index >= 15 is 0 Å². The van der Waals surface area contributed by atoms with Crippen LogP contribution in [0.5, 0.6) is 0 Å². The molecule has 0 aliphatic carbocycles. The third-order valence-electron chi connectivity index (χ3n) is 3.08. The van der Waals surface area contributed by atoms with Crippen molar-refractivity contribution in [3.8, 4) is 0 Å². The maximum Gasteiger partial charge on any atom is 0.00940 e. The van der Waals surface area contributed by atoms with Gasteiger partial charge in [0.05, 0.1) is 0 Å². The fraction of sp³-hybridized carbons (Fsp3) is 0.833. The van der Waals surface area contributed by atoms with E-state index in [-0.39, 0.29) is 0 Å². The Morgan fingerprint density at radius 2 is 2.14 bits per heavy atom. The standard InChI is InChI=1S/C12H24N2/c1-4-6-11(3)13-12-7-9-14(5-2)10-8-12/h4,11-13H,1,5-10H2,2-3H3. The molecule has 1 aliphatic heterocycles. The van der Waals surface area contributed by atoms with Gasteiger partial charge in [0, 0.05) is 12.1 Å². The summed E-state index contributed by atoms with van der Waals surface area (Å²) in [6.07, 6.45) is 5.68. The topological polar surface area (TPSA) is 15.3 Å². The Morgan fingerprint density at radius 1 is 1.50 bits per heavy atom. The highest BCUT2D eigenvalue weighted by molar-refractivity contribution is 4.82. The van der Waals surface area contributed by atoms with Gasteiger partial charge in [-0.25, -0.2) is 0 Å². The van der Waals surface area contributed by atoms with Crippen molar-refractivity contribution in [2.75, 3.05) is 19.6 Å². The molecule has 0 spiro atoms. The van der Waals surface area contributed by atoms with Gasteiger partial charge >= 0.3 is 0 Å². The summed E-state index contributed by atoms with van der Waals surface area (Å²) >= 11 is 0. The van der Waals surface area contributed by atoms with Crippen molar-refractivity contribution in [3.63, 3.8) is 0 Å². The molecule has 2 heteroatoms. The number of hydrogen-bond donors (Lipinski definition) is 1. The number of likely N-dealkylation sites (tertiary alicyclic amines) is 1. The average Bonchev–Trinajstić information content (AvgIpc) is 2.19. The van der Waals surface area contributed by atoms with E-state index in [9.17, 15) is 0 Å². The first-order valence-corrected chi connectivity index (χ1v) is 5.85. The zero-order chi connectivity index (χ0) is 10.4. The SMILES string of the molecule is C=CCC(C)NC1CCN(CC)CC1. The second kappa shape index (κ2) is 6.20. The fourth-order valence-corrected chi connectivity index (χ4v) is 2.14. The van der Waals surface area contributed by atoms with Crippen LogP contribution < -0.4 is 5.32 Å². The van der Waals surface area contributed by atoms with Crippen LogP contribution >= 0.6 is 0 Å². The fourth-order valence-electron chi connectivity index (χ4n) is 2.14. The summed E-state index contributed by atoms with van der Waals surface area (Å²) in [5, 5.41) is 3.67. The molecule has 14 heavy (non-hydrogen) atoms. The van der Waals surface area contributed by atoms with Crippen LogP contribution in [0.25, 0.3) is 0 Å². The van der Waals surface area contributed by atoms with Gasteiger partial charge in [-0.2, -0.15) is 0 Å². The highest BCUT2D eigenvalue weighted by Crippen LogP contribution is 2.10. The summed E-state index contributed by atoms with van der Waals surface area (Å²) in [5.41, 5.74) is 0. The van der Waals surface area contributed by atoms with Gasteiger partial charge in [-0.3, -0.25) is 0 Å². The van der Waals surface area contributed by atoms with E-state index < -0.39 is 0 Å². The van der Waals surface area contributed by atoms with E-state index in [1.165, 1.54) is 32.5 Å². The van der Waals surface area contributed by atoms with Crippen LogP contribution in [0, 0.1) is 0 Å². The van der Waals surface area contributed by atoms with Gasteiger partial charge in [0.25, 0.3) is 0 Å². The van der Waals surface area contributed by atoms with Gasteiger partial charge in [-0.1, -0.05) is 13.0 Å². The smallest absolute Gasteiger partial charge is 0.00940 e. The minimum atomic E-state index is 0.589. The predicted molar refractivity (Wildman–Crippen MR) is 62.5 cm³/mol. The Balaban J connectivity index is 2.18. The van der Waals surface area contributed by atoms with E-state index in [2.05, 4.69) is 30.6 Å². The summed E-state index contributed by atoms with van der Waals surface area (Å²) < 4.78 is 0. The molecule has 0 aromatic rings. The molecule has 1 N–H and O–H groups in total. The van der Waals surface area contributed by atoms with Crippen molar-refractivity contribution in [1.82, 2.24) is 10.2 Å². The highest BCUT2D eigenvalue weighted by atomic mass is 15.1. The molecule has 0 aromatic carbocycles. The van der Waals surface area contributed by atoms with E-state index in [0.717, 1.165) is 12.5 Å². The summed E-state index contributed by atoms with van der Waals surface area (Å²) in [6, 6.07) is 1.32. The van der Waals surface area contributed by atoms with Gasteiger partial charge in [0.2, 0.25) is 0 Å². The maximum atomic E-state index is 3.77. The lowest BCUT2D eigenvalue weighted by Gasteiger charge is -2.33. The van der Waals surface area contributed by atoms with Crippen LogP contribution in [0.3, 0.4) is 0 Å². The Bertz CT molecular complexity index is 160. The van der Waals surface area contributed by atoms with Crippen LogP contribution in [0.1, 0.15) is 33.1 Å². The zero-order valence-electron chi connectivity index (χ0n) is 9.63. The molecular weight excluding hydrogens is 172 g/mol. The monoisotopic (exact) mass is 196 g/mol. The predicted octanol–water partition coefficient (Wildman–Crippen LogP) is 2.02. The molecule has 1 unspecified atom stereocenters. The van der Waals surface area contributed by atoms with Gasteiger partial charge < -0.3 is 10.2 Å². The Morgan fingerprint density at radius 3 is 2.64 bits per heavy atom. The molecule has 82 valence electrons. The normalized spacial score (nSPS) is 22.1. The molecule has 1 aliphatic rings. The minimum Gasteiger partial charge on any atom is -0.311 e. The van der Waals surface area contributed by atoms with Gasteiger partial charge in [0.1, 0.15) is 0 Å². The van der Waals surface area contributed by atoms with Crippen molar-refractivity contribution in [3.05, 3.63) is 12.7 Å². The Kier molecular flexibility index (Phi) is 5.20. The maximum absolute atomic E-state index is 3.77.